The van der Waals surface area contributed by atoms with Crippen molar-refractivity contribution in [3.05, 3.63) is 10.6 Å². The fraction of sp³-hybridized carbons (Fsp3) is 0.700. The summed E-state index contributed by atoms with van der Waals surface area (Å²) in [6.45, 7) is 2.31. The van der Waals surface area contributed by atoms with Crippen molar-refractivity contribution >= 4 is 18.0 Å². The van der Waals surface area contributed by atoms with E-state index in [1.165, 1.54) is 0 Å². The number of carbonyl (C=O) groups is 1. The Balaban J connectivity index is 2.01. The summed E-state index contributed by atoms with van der Waals surface area (Å²) in [6, 6.07) is -0.145. The molecule has 0 N–H and O–H groups in total. The predicted octanol–water partition coefficient (Wildman–Crippen LogP) is 0.515. The number of ketones is 1. The van der Waals surface area contributed by atoms with Crippen LogP contribution in [0.15, 0.2) is 0 Å². The number of ether oxygens (including phenoxy) is 2. The molecule has 6 nitrogen and oxygen atoms in total. The summed E-state index contributed by atoms with van der Waals surface area (Å²) in [6.07, 6.45) is -0.422. The standard InChI is InChI=1S/C10H13N3O3S/c1-5-11-13(10(17)12(5)2)6-3-7(14)9-15-4-8(6)16-9/h6,8-9H,3-4H2,1-2H3/t6-,8+,9-/m0/s1. The molecule has 1 aromatic rings. The first-order chi connectivity index (χ1) is 8.08. The number of Topliss-reactive ketones (excluding diaryl/α,β-unsaturated/α-hetero) is 1. The maximum absolute atomic E-state index is 11.7. The van der Waals surface area contributed by atoms with Crippen LogP contribution >= 0.6 is 12.2 Å². The first-order valence-electron chi connectivity index (χ1n) is 5.50. The van der Waals surface area contributed by atoms with Crippen molar-refractivity contribution in [3.8, 4) is 0 Å². The van der Waals surface area contributed by atoms with Crippen molar-refractivity contribution in [2.24, 2.45) is 7.05 Å². The van der Waals surface area contributed by atoms with Crippen molar-refractivity contribution in [2.45, 2.75) is 31.8 Å². The van der Waals surface area contributed by atoms with Gasteiger partial charge in [-0.25, -0.2) is 4.68 Å². The van der Waals surface area contributed by atoms with E-state index in [9.17, 15) is 4.79 Å². The Bertz CT molecular complexity index is 535. The van der Waals surface area contributed by atoms with Crippen LogP contribution in [0.5, 0.6) is 0 Å². The zero-order valence-corrected chi connectivity index (χ0v) is 10.4. The maximum atomic E-state index is 11.7. The van der Waals surface area contributed by atoms with Gasteiger partial charge < -0.3 is 14.0 Å². The van der Waals surface area contributed by atoms with Crippen molar-refractivity contribution in [2.75, 3.05) is 6.61 Å². The predicted molar refractivity (Wildman–Crippen MR) is 60.0 cm³/mol. The third-order valence-corrected chi connectivity index (χ3v) is 3.81. The van der Waals surface area contributed by atoms with E-state index < -0.39 is 6.29 Å². The fourth-order valence-corrected chi connectivity index (χ4v) is 2.55. The zero-order chi connectivity index (χ0) is 12.2. The van der Waals surface area contributed by atoms with Crippen LogP contribution in [0, 0.1) is 11.7 Å². The molecule has 2 aliphatic heterocycles. The average Bonchev–Trinajstić information content (AvgIpc) is 2.84. The van der Waals surface area contributed by atoms with E-state index in [1.807, 2.05) is 18.5 Å². The van der Waals surface area contributed by atoms with Crippen LogP contribution in [-0.4, -0.2) is 39.1 Å². The lowest BCUT2D eigenvalue weighted by Crippen LogP contribution is -2.37. The lowest BCUT2D eigenvalue weighted by Gasteiger charge is -2.26. The van der Waals surface area contributed by atoms with E-state index in [-0.39, 0.29) is 17.9 Å². The molecule has 0 spiro atoms. The normalized spacial score (nSPS) is 32.1. The van der Waals surface area contributed by atoms with Crippen molar-refractivity contribution < 1.29 is 14.3 Å². The highest BCUT2D eigenvalue weighted by atomic mass is 32.1. The molecule has 0 radical (unpaired) electrons. The van der Waals surface area contributed by atoms with Crippen LogP contribution in [0.3, 0.4) is 0 Å². The molecular formula is C10H13N3O3S. The molecule has 2 bridgehead atoms. The van der Waals surface area contributed by atoms with Gasteiger partial charge in [0.1, 0.15) is 11.9 Å². The van der Waals surface area contributed by atoms with Gasteiger partial charge in [-0.05, 0) is 19.1 Å². The molecule has 3 heterocycles. The average molecular weight is 255 g/mol. The maximum Gasteiger partial charge on any atom is 0.218 e. The minimum Gasteiger partial charge on any atom is -0.343 e. The first kappa shape index (κ1) is 11.1. The topological polar surface area (TPSA) is 58.3 Å². The summed E-state index contributed by atoms with van der Waals surface area (Å²) in [5.41, 5.74) is 0. The highest BCUT2D eigenvalue weighted by Crippen LogP contribution is 2.32. The van der Waals surface area contributed by atoms with Gasteiger partial charge in [0.05, 0.1) is 12.6 Å². The number of aryl methyl sites for hydroxylation is 1. The van der Waals surface area contributed by atoms with Gasteiger partial charge in [-0.2, -0.15) is 5.10 Å². The second-order valence-corrected chi connectivity index (χ2v) is 4.78. The fourth-order valence-electron chi connectivity index (χ4n) is 2.24. The lowest BCUT2D eigenvalue weighted by atomic mass is 10.0. The summed E-state index contributed by atoms with van der Waals surface area (Å²) >= 11 is 5.30. The Labute approximate surface area is 103 Å². The lowest BCUT2D eigenvalue weighted by molar-refractivity contribution is -0.156. The largest absolute Gasteiger partial charge is 0.343 e. The van der Waals surface area contributed by atoms with E-state index in [2.05, 4.69) is 5.10 Å². The molecule has 2 aliphatic rings. The van der Waals surface area contributed by atoms with Gasteiger partial charge in [0, 0.05) is 13.5 Å². The van der Waals surface area contributed by atoms with E-state index in [4.69, 9.17) is 21.7 Å². The van der Waals surface area contributed by atoms with E-state index in [1.54, 1.807) is 4.68 Å². The minimum atomic E-state index is -0.671. The van der Waals surface area contributed by atoms with E-state index in [0.717, 1.165) is 5.82 Å². The second kappa shape index (κ2) is 3.72. The van der Waals surface area contributed by atoms with Crippen molar-refractivity contribution in [1.82, 2.24) is 14.3 Å². The number of rotatable bonds is 1. The third-order valence-electron chi connectivity index (χ3n) is 3.35. The Morgan fingerprint density at radius 2 is 2.29 bits per heavy atom. The van der Waals surface area contributed by atoms with Crippen LogP contribution in [0.25, 0.3) is 0 Å². The van der Waals surface area contributed by atoms with Crippen LogP contribution < -0.4 is 0 Å². The number of aromatic nitrogens is 3. The Kier molecular flexibility index (Phi) is 2.42. The monoisotopic (exact) mass is 255 g/mol. The first-order valence-corrected chi connectivity index (χ1v) is 5.90. The van der Waals surface area contributed by atoms with Gasteiger partial charge in [0.15, 0.2) is 10.6 Å². The number of hydrogen-bond acceptors (Lipinski definition) is 5. The molecule has 0 saturated carbocycles. The molecule has 0 amide bonds. The number of hydrogen-bond donors (Lipinski definition) is 0. The quantitative estimate of drug-likeness (QED) is 0.685. The molecule has 3 atom stereocenters. The second-order valence-electron chi connectivity index (χ2n) is 4.41. The number of nitrogens with zero attached hydrogens (tertiary/aromatic N) is 3. The molecule has 2 fully saturated rings. The summed E-state index contributed by atoms with van der Waals surface area (Å²) in [7, 11) is 1.86. The van der Waals surface area contributed by atoms with Gasteiger partial charge >= 0.3 is 0 Å². The Morgan fingerprint density at radius 1 is 1.53 bits per heavy atom. The van der Waals surface area contributed by atoms with E-state index >= 15 is 0 Å². The molecule has 1 aromatic heterocycles. The van der Waals surface area contributed by atoms with Gasteiger partial charge in [-0.3, -0.25) is 4.79 Å². The van der Waals surface area contributed by atoms with Gasteiger partial charge in [-0.1, -0.05) is 0 Å². The van der Waals surface area contributed by atoms with Gasteiger partial charge in [0.25, 0.3) is 0 Å². The van der Waals surface area contributed by atoms with Gasteiger partial charge in [0.2, 0.25) is 6.29 Å². The minimum absolute atomic E-state index is 0.0334. The highest BCUT2D eigenvalue weighted by Gasteiger charge is 2.44. The Hall–Kier alpha value is -1.05. The smallest absolute Gasteiger partial charge is 0.218 e. The van der Waals surface area contributed by atoms with Crippen molar-refractivity contribution in [3.63, 3.8) is 0 Å². The molecule has 7 heteroatoms. The summed E-state index contributed by atoms with van der Waals surface area (Å²) < 4.78 is 14.9. The molecule has 3 rings (SSSR count). The number of fused-ring (bicyclic) bond motifs is 2. The molecular weight excluding hydrogens is 242 g/mol. The summed E-state index contributed by atoms with van der Waals surface area (Å²) in [4.78, 5) is 11.7. The highest BCUT2D eigenvalue weighted by molar-refractivity contribution is 7.71. The summed E-state index contributed by atoms with van der Waals surface area (Å²) in [5, 5.41) is 4.37. The van der Waals surface area contributed by atoms with Crippen LogP contribution in [0.2, 0.25) is 0 Å². The van der Waals surface area contributed by atoms with Gasteiger partial charge in [-0.15, -0.1) is 0 Å². The van der Waals surface area contributed by atoms with Crippen LogP contribution in [0.1, 0.15) is 18.3 Å². The third kappa shape index (κ3) is 1.57. The Morgan fingerprint density at radius 3 is 2.94 bits per heavy atom. The van der Waals surface area contributed by atoms with Crippen LogP contribution in [0.4, 0.5) is 0 Å². The molecule has 0 aromatic carbocycles. The molecule has 0 unspecified atom stereocenters. The SMILES string of the molecule is Cc1nn([C@H]2CC(=O)[C@H]3OC[C@H]2O3)c(=S)n1C. The molecule has 0 aliphatic carbocycles. The van der Waals surface area contributed by atoms with Crippen LogP contribution in [-0.2, 0) is 21.3 Å². The number of carbonyl (C=O) groups excluding carboxylic acids is 1. The molecule has 92 valence electrons. The van der Waals surface area contributed by atoms with Crippen molar-refractivity contribution in [1.29, 1.82) is 0 Å². The summed E-state index contributed by atoms with van der Waals surface area (Å²) in [5.74, 6) is 0.789. The molecule has 2 saturated heterocycles. The van der Waals surface area contributed by atoms with E-state index in [0.29, 0.717) is 17.8 Å². The molecule has 17 heavy (non-hydrogen) atoms. The zero-order valence-electron chi connectivity index (χ0n) is 9.62.